The van der Waals surface area contributed by atoms with Crippen LogP contribution in [0.2, 0.25) is 0 Å². The second-order valence-electron chi connectivity index (χ2n) is 2.29. The number of aliphatic hydroxyl groups excluding tert-OH is 2. The van der Waals surface area contributed by atoms with Crippen molar-refractivity contribution in [1.82, 2.24) is 5.32 Å². The van der Waals surface area contributed by atoms with E-state index in [2.05, 4.69) is 5.32 Å². The summed E-state index contributed by atoms with van der Waals surface area (Å²) in [4.78, 5) is 0. The van der Waals surface area contributed by atoms with Crippen LogP contribution in [-0.2, 0) is 0 Å². The van der Waals surface area contributed by atoms with Gasteiger partial charge in [-0.05, 0) is 13.8 Å². The Bertz CT molecular complexity index is 56.1. The second-order valence-corrected chi connectivity index (χ2v) is 2.29. The summed E-state index contributed by atoms with van der Waals surface area (Å²) < 4.78 is 0. The Morgan fingerprint density at radius 3 is 1.67 bits per heavy atom. The zero-order valence-electron chi connectivity index (χ0n) is 5.91. The molecule has 0 aromatic carbocycles. The Labute approximate surface area is 55.7 Å². The van der Waals surface area contributed by atoms with Gasteiger partial charge >= 0.3 is 0 Å². The molecule has 0 aliphatic carbocycles. The van der Waals surface area contributed by atoms with Crippen molar-refractivity contribution >= 4 is 0 Å². The van der Waals surface area contributed by atoms with Crippen LogP contribution in [-0.4, -0.2) is 35.5 Å². The molecule has 0 heterocycles. The predicted octanol–water partition coefficient (Wildman–Crippen LogP) is -0.648. The van der Waals surface area contributed by atoms with Crippen LogP contribution >= 0.6 is 0 Å². The molecule has 2 atom stereocenters. The molecule has 0 fully saturated rings. The molecule has 3 heteroatoms. The predicted molar refractivity (Wildman–Crippen MR) is 35.2 cm³/mol. The van der Waals surface area contributed by atoms with E-state index in [0.717, 1.165) is 0 Å². The maximum absolute atomic E-state index is 8.69. The lowest BCUT2D eigenvalue weighted by Crippen LogP contribution is -2.24. The van der Waals surface area contributed by atoms with E-state index in [-0.39, 0.29) is 12.2 Å². The van der Waals surface area contributed by atoms with Crippen LogP contribution in [0.15, 0.2) is 0 Å². The fraction of sp³-hybridized carbons (Fsp3) is 1.00. The topological polar surface area (TPSA) is 54.6 Å². The molecule has 1 radical (unpaired) electrons. The first-order valence-electron chi connectivity index (χ1n) is 3.12. The third-order valence-electron chi connectivity index (χ3n) is 0.787. The molecule has 9 heavy (non-hydrogen) atoms. The molecule has 2 N–H and O–H groups in total. The number of rotatable bonds is 4. The van der Waals surface area contributed by atoms with Gasteiger partial charge in [0.1, 0.15) is 0 Å². The average molecular weight is 132 g/mol. The standard InChI is InChI=1S/C6H14NO2/c1-5(8)3-7-4-6(2)9/h5-6,8-9H,3-4H2,1-2H3. The summed E-state index contributed by atoms with van der Waals surface area (Å²) in [6.07, 6.45) is -0.771. The van der Waals surface area contributed by atoms with E-state index in [1.54, 1.807) is 13.8 Å². The lowest BCUT2D eigenvalue weighted by molar-refractivity contribution is 0.162. The van der Waals surface area contributed by atoms with Gasteiger partial charge in [0.15, 0.2) is 0 Å². The van der Waals surface area contributed by atoms with E-state index in [4.69, 9.17) is 10.2 Å². The quantitative estimate of drug-likeness (QED) is 0.534. The van der Waals surface area contributed by atoms with Gasteiger partial charge in [-0.2, -0.15) is 0 Å². The van der Waals surface area contributed by atoms with Crippen molar-refractivity contribution in [3.8, 4) is 0 Å². The molecular weight excluding hydrogens is 118 g/mol. The largest absolute Gasteiger partial charge is 0.392 e. The Balaban J connectivity index is 2.91. The number of hydrogen-bond donors (Lipinski definition) is 2. The van der Waals surface area contributed by atoms with Crippen molar-refractivity contribution in [3.05, 3.63) is 0 Å². The SMILES string of the molecule is CC(O)C[N]CC(C)O. The monoisotopic (exact) mass is 132 g/mol. The maximum atomic E-state index is 8.69. The van der Waals surface area contributed by atoms with Gasteiger partial charge in [0.2, 0.25) is 0 Å². The summed E-state index contributed by atoms with van der Waals surface area (Å²) in [5.41, 5.74) is 0. The van der Waals surface area contributed by atoms with Gasteiger partial charge in [-0.15, -0.1) is 0 Å². The summed E-state index contributed by atoms with van der Waals surface area (Å²) >= 11 is 0. The Hall–Kier alpha value is -0.120. The first-order chi connectivity index (χ1) is 4.13. The van der Waals surface area contributed by atoms with Crippen LogP contribution in [0, 0.1) is 0 Å². The van der Waals surface area contributed by atoms with Gasteiger partial charge < -0.3 is 10.2 Å². The molecule has 0 aromatic rings. The lowest BCUT2D eigenvalue weighted by atomic mass is 10.3. The van der Waals surface area contributed by atoms with E-state index >= 15 is 0 Å². The van der Waals surface area contributed by atoms with Gasteiger partial charge in [0, 0.05) is 13.1 Å². The van der Waals surface area contributed by atoms with Crippen molar-refractivity contribution in [2.24, 2.45) is 0 Å². The molecule has 0 saturated heterocycles. The Morgan fingerprint density at radius 1 is 1.11 bits per heavy atom. The first kappa shape index (κ1) is 8.88. The van der Waals surface area contributed by atoms with Crippen LogP contribution in [0.5, 0.6) is 0 Å². The van der Waals surface area contributed by atoms with E-state index in [9.17, 15) is 0 Å². The minimum Gasteiger partial charge on any atom is -0.392 e. The van der Waals surface area contributed by atoms with E-state index in [0.29, 0.717) is 13.1 Å². The zero-order valence-corrected chi connectivity index (χ0v) is 5.91. The number of hydrogen-bond acceptors (Lipinski definition) is 2. The Morgan fingerprint density at radius 2 is 1.44 bits per heavy atom. The molecule has 55 valence electrons. The van der Waals surface area contributed by atoms with E-state index in [1.165, 1.54) is 0 Å². The molecule has 0 aromatic heterocycles. The van der Waals surface area contributed by atoms with Crippen molar-refractivity contribution in [2.75, 3.05) is 13.1 Å². The van der Waals surface area contributed by atoms with Gasteiger partial charge in [0.25, 0.3) is 0 Å². The lowest BCUT2D eigenvalue weighted by Gasteiger charge is -2.05. The summed E-state index contributed by atoms with van der Waals surface area (Å²) in [7, 11) is 0. The highest BCUT2D eigenvalue weighted by Crippen LogP contribution is 1.79. The molecule has 0 rings (SSSR count). The highest BCUT2D eigenvalue weighted by Gasteiger charge is 1.97. The number of aliphatic hydroxyl groups is 2. The summed E-state index contributed by atoms with van der Waals surface area (Å²) in [5.74, 6) is 0. The molecule has 0 aliphatic heterocycles. The van der Waals surface area contributed by atoms with Crippen LogP contribution in [0.3, 0.4) is 0 Å². The number of nitrogens with zero attached hydrogens (tertiary/aromatic N) is 1. The minimum atomic E-state index is -0.385. The summed E-state index contributed by atoms with van der Waals surface area (Å²) in [6.45, 7) is 4.19. The Kier molecular flexibility index (Phi) is 4.67. The molecule has 0 spiro atoms. The average Bonchev–Trinajstić information content (AvgIpc) is 1.63. The van der Waals surface area contributed by atoms with Crippen LogP contribution in [0.25, 0.3) is 0 Å². The first-order valence-corrected chi connectivity index (χ1v) is 3.12. The fourth-order valence-corrected chi connectivity index (χ4v) is 0.448. The van der Waals surface area contributed by atoms with Crippen LogP contribution in [0.1, 0.15) is 13.8 Å². The third kappa shape index (κ3) is 7.88. The van der Waals surface area contributed by atoms with E-state index < -0.39 is 0 Å². The minimum absolute atomic E-state index is 0.385. The molecule has 0 bridgehead atoms. The summed E-state index contributed by atoms with van der Waals surface area (Å²) in [5, 5.41) is 21.3. The molecule has 3 nitrogen and oxygen atoms in total. The van der Waals surface area contributed by atoms with Crippen molar-refractivity contribution < 1.29 is 10.2 Å². The summed E-state index contributed by atoms with van der Waals surface area (Å²) in [6, 6.07) is 0. The normalized spacial score (nSPS) is 17.3. The van der Waals surface area contributed by atoms with Gasteiger partial charge in [-0.1, -0.05) is 0 Å². The molecule has 2 unspecified atom stereocenters. The molecule has 0 amide bonds. The van der Waals surface area contributed by atoms with Crippen LogP contribution < -0.4 is 5.32 Å². The van der Waals surface area contributed by atoms with E-state index in [1.807, 2.05) is 0 Å². The third-order valence-corrected chi connectivity index (χ3v) is 0.787. The van der Waals surface area contributed by atoms with Crippen molar-refractivity contribution in [3.63, 3.8) is 0 Å². The van der Waals surface area contributed by atoms with Crippen molar-refractivity contribution in [1.29, 1.82) is 0 Å². The molecule has 0 aliphatic rings. The zero-order chi connectivity index (χ0) is 7.28. The molecular formula is C6H14NO2. The highest BCUT2D eigenvalue weighted by atomic mass is 16.3. The smallest absolute Gasteiger partial charge is 0.0653 e. The van der Waals surface area contributed by atoms with Gasteiger partial charge in [-0.25, -0.2) is 5.32 Å². The highest BCUT2D eigenvalue weighted by molar-refractivity contribution is 4.54. The molecule has 0 saturated carbocycles. The maximum Gasteiger partial charge on any atom is 0.0653 e. The fourth-order valence-electron chi connectivity index (χ4n) is 0.448. The van der Waals surface area contributed by atoms with Gasteiger partial charge in [-0.3, -0.25) is 0 Å². The second kappa shape index (κ2) is 4.73. The van der Waals surface area contributed by atoms with Crippen molar-refractivity contribution in [2.45, 2.75) is 26.1 Å². The van der Waals surface area contributed by atoms with Crippen LogP contribution in [0.4, 0.5) is 0 Å². The van der Waals surface area contributed by atoms with Gasteiger partial charge in [0.05, 0.1) is 12.2 Å².